The van der Waals surface area contributed by atoms with Crippen molar-refractivity contribution in [2.45, 2.75) is 19.3 Å². The van der Waals surface area contributed by atoms with E-state index in [4.69, 9.17) is 0 Å². The van der Waals surface area contributed by atoms with E-state index in [9.17, 15) is 4.79 Å². The van der Waals surface area contributed by atoms with Crippen LogP contribution in [0.15, 0.2) is 30.6 Å². The van der Waals surface area contributed by atoms with Crippen LogP contribution in [0.2, 0.25) is 0 Å². The van der Waals surface area contributed by atoms with Crippen LogP contribution in [0.3, 0.4) is 0 Å². The topological polar surface area (TPSA) is 49.6 Å². The Bertz CT molecular complexity index is 616. The van der Waals surface area contributed by atoms with Crippen molar-refractivity contribution in [3.05, 3.63) is 36.2 Å². The van der Waals surface area contributed by atoms with Gasteiger partial charge in [-0.25, -0.2) is 4.52 Å². The van der Waals surface area contributed by atoms with Gasteiger partial charge in [0.1, 0.15) is 0 Å². The molecule has 0 atom stereocenters. The Morgan fingerprint density at radius 1 is 1.43 bits per heavy atom. The molecule has 1 saturated heterocycles. The lowest BCUT2D eigenvalue weighted by molar-refractivity contribution is 0.0786. The zero-order valence-electron chi connectivity index (χ0n) is 12.5. The van der Waals surface area contributed by atoms with Crippen LogP contribution in [0.25, 0.3) is 5.52 Å². The molecule has 2 aromatic rings. The fourth-order valence-corrected chi connectivity index (χ4v) is 2.95. The third-order valence-corrected chi connectivity index (χ3v) is 4.34. The number of aromatic nitrogens is 2. The largest absolute Gasteiger partial charge is 0.342 e. The monoisotopic (exact) mass is 286 g/mol. The van der Waals surface area contributed by atoms with Crippen molar-refractivity contribution >= 4 is 11.4 Å². The predicted molar refractivity (Wildman–Crippen MR) is 82.4 cm³/mol. The molecule has 2 aromatic heterocycles. The van der Waals surface area contributed by atoms with Crippen LogP contribution in [0.5, 0.6) is 0 Å². The number of amides is 1. The van der Waals surface area contributed by atoms with Gasteiger partial charge in [0, 0.05) is 19.8 Å². The van der Waals surface area contributed by atoms with Crippen molar-refractivity contribution in [2.24, 2.45) is 5.92 Å². The van der Waals surface area contributed by atoms with E-state index in [1.807, 2.05) is 36.3 Å². The number of nitrogens with one attached hydrogen (secondary N) is 1. The molecule has 5 heteroatoms. The van der Waals surface area contributed by atoms with Crippen LogP contribution in [-0.4, -0.2) is 47.1 Å². The maximum Gasteiger partial charge on any atom is 0.257 e. The van der Waals surface area contributed by atoms with Crippen molar-refractivity contribution in [1.82, 2.24) is 19.8 Å². The number of fused-ring (bicyclic) bond motifs is 1. The molecule has 112 valence electrons. The summed E-state index contributed by atoms with van der Waals surface area (Å²) in [6.07, 6.45) is 7.06. The molecule has 0 unspecified atom stereocenters. The van der Waals surface area contributed by atoms with Gasteiger partial charge in [0.15, 0.2) is 0 Å². The molecule has 0 saturated carbocycles. The average molecular weight is 286 g/mol. The summed E-state index contributed by atoms with van der Waals surface area (Å²) in [5.41, 5.74) is 1.56. The number of piperidine rings is 1. The second-order valence-corrected chi connectivity index (χ2v) is 5.80. The number of carbonyl (C=O) groups excluding carboxylic acids is 1. The first kappa shape index (κ1) is 14.1. The Kier molecular flexibility index (Phi) is 4.20. The van der Waals surface area contributed by atoms with Crippen molar-refractivity contribution in [3.8, 4) is 0 Å². The SMILES string of the molecule is CN(CCC1CCNCC1)C(=O)c1cnn2ccccc12. The highest BCUT2D eigenvalue weighted by Crippen LogP contribution is 2.17. The minimum atomic E-state index is 0.0603. The summed E-state index contributed by atoms with van der Waals surface area (Å²) in [5.74, 6) is 0.801. The molecule has 3 rings (SSSR count). The maximum atomic E-state index is 12.6. The molecule has 1 aliphatic rings. The predicted octanol–water partition coefficient (Wildman–Crippen LogP) is 1.80. The average Bonchev–Trinajstić information content (AvgIpc) is 2.97. The van der Waals surface area contributed by atoms with E-state index in [0.29, 0.717) is 5.56 Å². The number of nitrogens with zero attached hydrogens (tertiary/aromatic N) is 3. The summed E-state index contributed by atoms with van der Waals surface area (Å²) in [4.78, 5) is 14.4. The zero-order valence-corrected chi connectivity index (χ0v) is 12.5. The second-order valence-electron chi connectivity index (χ2n) is 5.80. The number of hydrogen-bond donors (Lipinski definition) is 1. The zero-order chi connectivity index (χ0) is 14.7. The number of hydrogen-bond acceptors (Lipinski definition) is 3. The summed E-state index contributed by atoms with van der Waals surface area (Å²) >= 11 is 0. The molecule has 1 N–H and O–H groups in total. The van der Waals surface area contributed by atoms with E-state index in [0.717, 1.165) is 37.5 Å². The molecule has 21 heavy (non-hydrogen) atoms. The van der Waals surface area contributed by atoms with Gasteiger partial charge in [0.05, 0.1) is 17.3 Å². The first-order chi connectivity index (χ1) is 10.3. The second kappa shape index (κ2) is 6.26. The molecule has 0 spiro atoms. The van der Waals surface area contributed by atoms with Gasteiger partial charge >= 0.3 is 0 Å². The van der Waals surface area contributed by atoms with Gasteiger partial charge in [-0.1, -0.05) is 6.07 Å². The van der Waals surface area contributed by atoms with Gasteiger partial charge in [-0.3, -0.25) is 4.79 Å². The molecule has 0 bridgehead atoms. The molecule has 0 radical (unpaired) electrons. The van der Waals surface area contributed by atoms with E-state index in [-0.39, 0.29) is 5.91 Å². The van der Waals surface area contributed by atoms with Crippen LogP contribution >= 0.6 is 0 Å². The van der Waals surface area contributed by atoms with Crippen LogP contribution in [0.1, 0.15) is 29.6 Å². The highest BCUT2D eigenvalue weighted by atomic mass is 16.2. The van der Waals surface area contributed by atoms with Crippen molar-refractivity contribution in [3.63, 3.8) is 0 Å². The molecule has 1 amide bonds. The highest BCUT2D eigenvalue weighted by Gasteiger charge is 2.19. The number of carbonyl (C=O) groups is 1. The smallest absolute Gasteiger partial charge is 0.257 e. The van der Waals surface area contributed by atoms with Crippen molar-refractivity contribution in [1.29, 1.82) is 0 Å². The van der Waals surface area contributed by atoms with E-state index in [1.165, 1.54) is 12.8 Å². The molecule has 5 nitrogen and oxygen atoms in total. The number of pyridine rings is 1. The van der Waals surface area contributed by atoms with Crippen LogP contribution in [-0.2, 0) is 0 Å². The first-order valence-electron chi connectivity index (χ1n) is 7.64. The quantitative estimate of drug-likeness (QED) is 0.932. The Hall–Kier alpha value is -1.88. The summed E-state index contributed by atoms with van der Waals surface area (Å²) in [7, 11) is 1.88. The van der Waals surface area contributed by atoms with Crippen LogP contribution in [0, 0.1) is 5.92 Å². The summed E-state index contributed by atoms with van der Waals surface area (Å²) in [6, 6.07) is 5.78. The lowest BCUT2D eigenvalue weighted by Gasteiger charge is -2.25. The first-order valence-corrected chi connectivity index (χ1v) is 7.64. The van der Waals surface area contributed by atoms with Gasteiger partial charge in [0.2, 0.25) is 0 Å². The van der Waals surface area contributed by atoms with Crippen molar-refractivity contribution in [2.75, 3.05) is 26.7 Å². The molecular formula is C16H22N4O. The van der Waals surface area contributed by atoms with E-state index >= 15 is 0 Å². The number of rotatable bonds is 4. The lowest BCUT2D eigenvalue weighted by Crippen LogP contribution is -2.32. The van der Waals surface area contributed by atoms with Crippen LogP contribution < -0.4 is 5.32 Å². The lowest BCUT2D eigenvalue weighted by atomic mass is 9.94. The minimum absolute atomic E-state index is 0.0603. The highest BCUT2D eigenvalue weighted by molar-refractivity contribution is 6.00. The fourth-order valence-electron chi connectivity index (χ4n) is 2.95. The third kappa shape index (κ3) is 3.08. The summed E-state index contributed by atoms with van der Waals surface area (Å²) in [6.45, 7) is 3.03. The van der Waals surface area contributed by atoms with Gasteiger partial charge in [0.25, 0.3) is 5.91 Å². The molecular weight excluding hydrogens is 264 g/mol. The van der Waals surface area contributed by atoms with Gasteiger partial charge in [-0.05, 0) is 50.4 Å². The van der Waals surface area contributed by atoms with Crippen LogP contribution in [0.4, 0.5) is 0 Å². The van der Waals surface area contributed by atoms with E-state index < -0.39 is 0 Å². The maximum absolute atomic E-state index is 12.6. The van der Waals surface area contributed by atoms with Gasteiger partial charge in [-0.15, -0.1) is 0 Å². The minimum Gasteiger partial charge on any atom is -0.342 e. The molecule has 0 aliphatic carbocycles. The summed E-state index contributed by atoms with van der Waals surface area (Å²) in [5, 5.41) is 7.61. The van der Waals surface area contributed by atoms with E-state index in [2.05, 4.69) is 10.4 Å². The molecule has 1 fully saturated rings. The Morgan fingerprint density at radius 2 is 2.24 bits per heavy atom. The Balaban J connectivity index is 1.64. The summed E-state index contributed by atoms with van der Waals surface area (Å²) < 4.78 is 1.74. The van der Waals surface area contributed by atoms with Gasteiger partial charge in [-0.2, -0.15) is 5.10 Å². The molecule has 0 aromatic carbocycles. The fraction of sp³-hybridized carbons (Fsp3) is 0.500. The third-order valence-electron chi connectivity index (χ3n) is 4.34. The van der Waals surface area contributed by atoms with Crippen molar-refractivity contribution < 1.29 is 4.79 Å². The normalized spacial score (nSPS) is 16.2. The Labute approximate surface area is 124 Å². The Morgan fingerprint density at radius 3 is 3.05 bits per heavy atom. The molecule has 1 aliphatic heterocycles. The molecule has 3 heterocycles. The van der Waals surface area contributed by atoms with Gasteiger partial charge < -0.3 is 10.2 Å². The standard InChI is InChI=1S/C16H22N4O/c1-19(11-7-13-5-8-17-9-6-13)16(21)14-12-18-20-10-3-2-4-15(14)20/h2-4,10,12-13,17H,5-9,11H2,1H3. The van der Waals surface area contributed by atoms with E-state index in [1.54, 1.807) is 10.7 Å².